The van der Waals surface area contributed by atoms with Gasteiger partial charge in [-0.05, 0) is 17.7 Å². The molecule has 0 unspecified atom stereocenters. The smallest absolute Gasteiger partial charge is 0.334 e. The number of hydrogen-bond donors (Lipinski definition) is 3. The highest BCUT2D eigenvalue weighted by molar-refractivity contribution is 8.01. The molecule has 170 valence electrons. The normalized spacial score (nSPS) is 24.5. The average molecular weight is 484 g/mol. The number of carbonyl (C=O) groups is 1. The number of anilines is 1. The summed E-state index contributed by atoms with van der Waals surface area (Å²) < 4.78 is 37.1. The topological polar surface area (TPSA) is 108 Å². The maximum atomic E-state index is 13.6. The van der Waals surface area contributed by atoms with Gasteiger partial charge in [0.05, 0.1) is 17.6 Å². The molecular formula is C23H21N3O5S2. The van der Waals surface area contributed by atoms with Crippen molar-refractivity contribution < 1.29 is 23.1 Å². The summed E-state index contributed by atoms with van der Waals surface area (Å²) in [5.41, 5.74) is 1.67. The molecule has 2 heterocycles. The number of carboxylic acids is 1. The Kier molecular flexibility index (Phi) is 5.63. The third kappa shape index (κ3) is 4.00. The van der Waals surface area contributed by atoms with Crippen molar-refractivity contribution in [1.82, 2.24) is 10.0 Å². The number of para-hydroxylation sites is 1. The van der Waals surface area contributed by atoms with Crippen LogP contribution >= 0.6 is 11.8 Å². The van der Waals surface area contributed by atoms with E-state index in [-0.39, 0.29) is 5.88 Å². The van der Waals surface area contributed by atoms with Gasteiger partial charge in [0.15, 0.2) is 6.10 Å². The molecule has 5 rings (SSSR count). The Morgan fingerprint density at radius 2 is 1.67 bits per heavy atom. The van der Waals surface area contributed by atoms with E-state index in [1.165, 1.54) is 16.1 Å². The molecule has 1 saturated heterocycles. The van der Waals surface area contributed by atoms with Crippen LogP contribution in [0.5, 0.6) is 0 Å². The fourth-order valence-electron chi connectivity index (χ4n) is 4.05. The third-order valence-electron chi connectivity index (χ3n) is 5.58. The summed E-state index contributed by atoms with van der Waals surface area (Å²) in [6.07, 6.45) is -1.32. The van der Waals surface area contributed by atoms with Crippen LogP contribution in [-0.4, -0.2) is 31.5 Å². The quantitative estimate of drug-likeness (QED) is 0.495. The molecule has 2 aliphatic rings. The van der Waals surface area contributed by atoms with Gasteiger partial charge >= 0.3 is 16.2 Å². The first-order chi connectivity index (χ1) is 15.9. The fourth-order valence-corrected chi connectivity index (χ4v) is 6.84. The zero-order valence-electron chi connectivity index (χ0n) is 17.3. The lowest BCUT2D eigenvalue weighted by atomic mass is 10.0. The van der Waals surface area contributed by atoms with Crippen LogP contribution in [0.4, 0.5) is 5.69 Å². The first-order valence-corrected chi connectivity index (χ1v) is 12.6. The second-order valence-electron chi connectivity index (χ2n) is 7.65. The molecule has 3 N–H and O–H groups in total. The molecule has 2 aliphatic heterocycles. The van der Waals surface area contributed by atoms with E-state index in [1.54, 1.807) is 66.7 Å². The lowest BCUT2D eigenvalue weighted by molar-refractivity contribution is -0.157. The van der Waals surface area contributed by atoms with Gasteiger partial charge in [-0.25, -0.2) is 9.10 Å². The molecule has 8 nitrogen and oxygen atoms in total. The van der Waals surface area contributed by atoms with E-state index in [9.17, 15) is 18.3 Å². The number of nitrogens with one attached hydrogen (secondary N) is 2. The second kappa shape index (κ2) is 8.47. The number of rotatable bonds is 6. The molecule has 0 amide bonds. The number of thioether (sulfide) groups is 1. The van der Waals surface area contributed by atoms with E-state index in [0.29, 0.717) is 16.8 Å². The number of aliphatic carboxylic acids is 1. The predicted octanol–water partition coefficient (Wildman–Crippen LogP) is 3.02. The minimum atomic E-state index is -4.14. The summed E-state index contributed by atoms with van der Waals surface area (Å²) in [5, 5.41) is 13.1. The van der Waals surface area contributed by atoms with E-state index in [1.807, 2.05) is 18.2 Å². The number of ether oxygens (including phenoxy) is 1. The fraction of sp³-hybridized carbons (Fsp3) is 0.174. The molecule has 0 bridgehead atoms. The minimum absolute atomic E-state index is 0.198. The van der Waals surface area contributed by atoms with Crippen LogP contribution in [-0.2, 0) is 25.6 Å². The molecule has 0 aliphatic carbocycles. The Labute approximate surface area is 195 Å². The Bertz CT molecular complexity index is 1270. The minimum Gasteiger partial charge on any atom is -0.479 e. The second-order valence-corrected chi connectivity index (χ2v) is 10.2. The predicted molar refractivity (Wildman–Crippen MR) is 125 cm³/mol. The summed E-state index contributed by atoms with van der Waals surface area (Å²) in [5.74, 6) is -2.79. The van der Waals surface area contributed by atoms with Gasteiger partial charge < -0.3 is 9.84 Å². The van der Waals surface area contributed by atoms with E-state index < -0.39 is 34.2 Å². The van der Waals surface area contributed by atoms with Gasteiger partial charge in [0.2, 0.25) is 5.85 Å². The van der Waals surface area contributed by atoms with Crippen LogP contribution in [0.25, 0.3) is 0 Å². The van der Waals surface area contributed by atoms with Gasteiger partial charge in [-0.2, -0.15) is 8.42 Å². The van der Waals surface area contributed by atoms with Crippen molar-refractivity contribution in [2.45, 2.75) is 22.9 Å². The van der Waals surface area contributed by atoms with Crippen molar-refractivity contribution in [2.24, 2.45) is 0 Å². The molecule has 1 fully saturated rings. The van der Waals surface area contributed by atoms with Crippen molar-refractivity contribution in [3.8, 4) is 0 Å². The van der Waals surface area contributed by atoms with Crippen LogP contribution in [0.1, 0.15) is 17.2 Å². The molecule has 3 aromatic carbocycles. The van der Waals surface area contributed by atoms with E-state index in [2.05, 4.69) is 10.0 Å². The summed E-state index contributed by atoms with van der Waals surface area (Å²) in [6, 6.07) is 24.0. The van der Waals surface area contributed by atoms with Gasteiger partial charge in [0, 0.05) is 10.5 Å². The van der Waals surface area contributed by atoms with Gasteiger partial charge in [-0.3, -0.25) is 5.32 Å². The lowest BCUT2D eigenvalue weighted by Gasteiger charge is -2.32. The van der Waals surface area contributed by atoms with E-state index >= 15 is 0 Å². The van der Waals surface area contributed by atoms with Crippen LogP contribution in [0, 0.1) is 0 Å². The standard InChI is InChI=1S/C23H21N3O5S2/c27-22(28)21-20(16-9-3-1-4-10-16)24-23(31-21,17-11-5-2-6-12-17)25-33(29,30)26-15-32-19-14-8-7-13-18(19)26/h1-14,20-21,24-25H,15H2,(H,27,28)/t20-,21+,23-/m0/s1. The van der Waals surface area contributed by atoms with Crippen LogP contribution in [0.2, 0.25) is 0 Å². The highest BCUT2D eigenvalue weighted by Gasteiger charge is 2.53. The number of carboxylic acid groups (broad SMARTS) is 1. The van der Waals surface area contributed by atoms with Crippen molar-refractivity contribution in [3.05, 3.63) is 96.1 Å². The highest BCUT2D eigenvalue weighted by atomic mass is 32.2. The number of benzene rings is 3. The molecule has 33 heavy (non-hydrogen) atoms. The van der Waals surface area contributed by atoms with Crippen molar-refractivity contribution in [3.63, 3.8) is 0 Å². The summed E-state index contributed by atoms with van der Waals surface area (Å²) in [6.45, 7) is 0. The maximum Gasteiger partial charge on any atom is 0.334 e. The summed E-state index contributed by atoms with van der Waals surface area (Å²) in [4.78, 5) is 13.0. The monoisotopic (exact) mass is 483 g/mol. The SMILES string of the molecule is O=C(O)[C@@H]1O[C@@](NS(=O)(=O)N2CSc3ccccc32)(c2ccccc2)N[C@H]1c1ccccc1. The average Bonchev–Trinajstić information content (AvgIpc) is 3.43. The Balaban J connectivity index is 1.57. The molecule has 3 atom stereocenters. The molecule has 3 aromatic rings. The molecule has 0 spiro atoms. The first kappa shape index (κ1) is 21.9. The van der Waals surface area contributed by atoms with Crippen LogP contribution < -0.4 is 14.3 Å². The molecule has 0 aromatic heterocycles. The molecule has 0 saturated carbocycles. The van der Waals surface area contributed by atoms with Crippen LogP contribution in [0.3, 0.4) is 0 Å². The Morgan fingerprint density at radius 3 is 2.36 bits per heavy atom. The Hall–Kier alpha value is -2.89. The summed E-state index contributed by atoms with van der Waals surface area (Å²) >= 11 is 1.41. The third-order valence-corrected chi connectivity index (χ3v) is 8.24. The lowest BCUT2D eigenvalue weighted by Crippen LogP contribution is -2.57. The van der Waals surface area contributed by atoms with Gasteiger partial charge in [-0.15, -0.1) is 16.5 Å². The molecular weight excluding hydrogens is 462 g/mol. The Morgan fingerprint density at radius 1 is 1.03 bits per heavy atom. The van der Waals surface area contributed by atoms with Crippen LogP contribution in [0.15, 0.2) is 89.8 Å². The summed E-state index contributed by atoms with van der Waals surface area (Å²) in [7, 11) is -4.14. The first-order valence-electron chi connectivity index (χ1n) is 10.2. The van der Waals surface area contributed by atoms with Crippen molar-refractivity contribution in [1.29, 1.82) is 0 Å². The van der Waals surface area contributed by atoms with Crippen molar-refractivity contribution >= 4 is 33.6 Å². The van der Waals surface area contributed by atoms with Crippen molar-refractivity contribution in [2.75, 3.05) is 10.2 Å². The number of hydrogen-bond acceptors (Lipinski definition) is 6. The number of nitrogens with zero attached hydrogens (tertiary/aromatic N) is 1. The van der Waals surface area contributed by atoms with Gasteiger partial charge in [-0.1, -0.05) is 72.8 Å². The highest BCUT2D eigenvalue weighted by Crippen LogP contribution is 2.42. The molecule has 0 radical (unpaired) electrons. The zero-order valence-corrected chi connectivity index (χ0v) is 18.9. The van der Waals surface area contributed by atoms with Gasteiger partial charge in [0.25, 0.3) is 0 Å². The maximum absolute atomic E-state index is 13.6. The molecule has 10 heteroatoms. The zero-order chi connectivity index (χ0) is 23.1. The van der Waals surface area contributed by atoms with E-state index in [4.69, 9.17) is 4.74 Å². The largest absolute Gasteiger partial charge is 0.479 e. The number of fused-ring (bicyclic) bond motifs is 1. The van der Waals surface area contributed by atoms with E-state index in [0.717, 1.165) is 4.90 Å². The van der Waals surface area contributed by atoms with Gasteiger partial charge in [0.1, 0.15) is 0 Å².